The fourth-order valence-electron chi connectivity index (χ4n) is 2.46. The van der Waals surface area contributed by atoms with Crippen molar-refractivity contribution in [2.75, 3.05) is 6.54 Å². The Morgan fingerprint density at radius 1 is 0.714 bits per heavy atom. The van der Waals surface area contributed by atoms with Gasteiger partial charge in [0.05, 0.1) is 0 Å². The van der Waals surface area contributed by atoms with Crippen LogP contribution in [-0.4, -0.2) is 18.3 Å². The second kappa shape index (κ2) is 15.3. The third-order valence-electron chi connectivity index (χ3n) is 3.73. The SMILES string of the molecule is CC(=O)CCCCCCCCCCCCCCN=C(N)N. The quantitative estimate of drug-likeness (QED) is 0.273. The highest BCUT2D eigenvalue weighted by molar-refractivity contribution is 5.75. The van der Waals surface area contributed by atoms with Crippen LogP contribution in [0.2, 0.25) is 0 Å². The number of carbonyl (C=O) groups excluding carboxylic acids is 1. The van der Waals surface area contributed by atoms with E-state index in [4.69, 9.17) is 11.5 Å². The number of nitrogens with two attached hydrogens (primary N) is 2. The summed E-state index contributed by atoms with van der Waals surface area (Å²) in [4.78, 5) is 14.8. The molecule has 0 spiro atoms. The van der Waals surface area contributed by atoms with Gasteiger partial charge in [-0.2, -0.15) is 0 Å². The molecule has 4 N–H and O–H groups in total. The molecule has 0 rings (SSSR count). The van der Waals surface area contributed by atoms with E-state index in [-0.39, 0.29) is 5.96 Å². The molecule has 0 saturated carbocycles. The molecule has 0 heterocycles. The van der Waals surface area contributed by atoms with E-state index in [9.17, 15) is 4.79 Å². The summed E-state index contributed by atoms with van der Waals surface area (Å²) in [5.74, 6) is 0.532. The average molecular weight is 297 g/mol. The molecule has 0 aliphatic carbocycles. The van der Waals surface area contributed by atoms with Gasteiger partial charge in [0, 0.05) is 13.0 Å². The number of guanidine groups is 1. The van der Waals surface area contributed by atoms with E-state index in [1.807, 2.05) is 0 Å². The minimum absolute atomic E-state index is 0.205. The van der Waals surface area contributed by atoms with Crippen molar-refractivity contribution in [3.05, 3.63) is 0 Å². The van der Waals surface area contributed by atoms with Crippen molar-refractivity contribution in [1.82, 2.24) is 0 Å². The summed E-state index contributed by atoms with van der Waals surface area (Å²) in [7, 11) is 0. The van der Waals surface area contributed by atoms with Gasteiger partial charge < -0.3 is 16.3 Å². The Hall–Kier alpha value is -1.06. The standard InChI is InChI=1S/C17H35N3O/c1-16(21)14-12-10-8-6-4-2-3-5-7-9-11-13-15-20-17(18)19/h2-15H2,1H3,(H4,18,19,20). The minimum Gasteiger partial charge on any atom is -0.370 e. The highest BCUT2D eigenvalue weighted by Gasteiger charge is 1.95. The maximum atomic E-state index is 10.8. The maximum absolute atomic E-state index is 10.8. The molecule has 124 valence electrons. The van der Waals surface area contributed by atoms with Crippen molar-refractivity contribution in [3.63, 3.8) is 0 Å². The Balaban J connectivity index is 3.03. The third-order valence-corrected chi connectivity index (χ3v) is 3.73. The lowest BCUT2D eigenvalue weighted by molar-refractivity contribution is -0.117. The topological polar surface area (TPSA) is 81.5 Å². The third kappa shape index (κ3) is 18.9. The van der Waals surface area contributed by atoms with Crippen LogP contribution in [-0.2, 0) is 4.79 Å². The van der Waals surface area contributed by atoms with E-state index < -0.39 is 0 Å². The molecule has 0 fully saturated rings. The van der Waals surface area contributed by atoms with Crippen LogP contribution in [0.15, 0.2) is 4.99 Å². The predicted octanol–water partition coefficient (Wildman–Crippen LogP) is 3.92. The summed E-state index contributed by atoms with van der Waals surface area (Å²) in [6, 6.07) is 0. The Bertz CT molecular complexity index is 273. The first-order chi connectivity index (χ1) is 10.1. The fourth-order valence-corrected chi connectivity index (χ4v) is 2.46. The van der Waals surface area contributed by atoms with Crippen molar-refractivity contribution >= 4 is 11.7 Å². The second-order valence-corrected chi connectivity index (χ2v) is 6.00. The van der Waals surface area contributed by atoms with Crippen LogP contribution in [0.4, 0.5) is 0 Å². The number of unbranched alkanes of at least 4 members (excludes halogenated alkanes) is 11. The monoisotopic (exact) mass is 297 g/mol. The molecule has 0 aromatic heterocycles. The molecule has 0 aromatic rings. The Morgan fingerprint density at radius 3 is 1.48 bits per heavy atom. The lowest BCUT2D eigenvalue weighted by Crippen LogP contribution is -2.22. The van der Waals surface area contributed by atoms with Gasteiger partial charge in [-0.05, 0) is 19.8 Å². The zero-order chi connectivity index (χ0) is 15.8. The van der Waals surface area contributed by atoms with E-state index in [0.29, 0.717) is 5.78 Å². The van der Waals surface area contributed by atoms with Crippen LogP contribution in [0.5, 0.6) is 0 Å². The van der Waals surface area contributed by atoms with Crippen molar-refractivity contribution in [2.45, 2.75) is 90.4 Å². The molecular formula is C17H35N3O. The van der Waals surface area contributed by atoms with Crippen molar-refractivity contribution < 1.29 is 4.79 Å². The molecular weight excluding hydrogens is 262 g/mol. The molecule has 0 bridgehead atoms. The van der Waals surface area contributed by atoms with Crippen LogP contribution in [0.1, 0.15) is 90.4 Å². The predicted molar refractivity (Wildman–Crippen MR) is 91.4 cm³/mol. The van der Waals surface area contributed by atoms with Gasteiger partial charge in [-0.25, -0.2) is 0 Å². The van der Waals surface area contributed by atoms with E-state index in [1.54, 1.807) is 6.92 Å². The van der Waals surface area contributed by atoms with E-state index >= 15 is 0 Å². The zero-order valence-electron chi connectivity index (χ0n) is 13.9. The minimum atomic E-state index is 0.205. The summed E-state index contributed by atoms with van der Waals surface area (Å²) >= 11 is 0. The lowest BCUT2D eigenvalue weighted by atomic mass is 10.0. The average Bonchev–Trinajstić information content (AvgIpc) is 2.42. The first-order valence-electron chi connectivity index (χ1n) is 8.67. The molecule has 4 heteroatoms. The number of rotatable bonds is 15. The van der Waals surface area contributed by atoms with Gasteiger partial charge in [0.15, 0.2) is 5.96 Å². The Kier molecular flexibility index (Phi) is 14.6. The van der Waals surface area contributed by atoms with E-state index in [0.717, 1.165) is 25.8 Å². The molecule has 0 unspecified atom stereocenters. The number of hydrogen-bond acceptors (Lipinski definition) is 2. The molecule has 4 nitrogen and oxygen atoms in total. The summed E-state index contributed by atoms with van der Waals surface area (Å²) in [6.07, 6.45) is 16.1. The molecule has 0 aliphatic heterocycles. The second-order valence-electron chi connectivity index (χ2n) is 6.00. The number of Topliss-reactive ketones (excluding diaryl/α,β-unsaturated/α-hetero) is 1. The highest BCUT2D eigenvalue weighted by atomic mass is 16.1. The van der Waals surface area contributed by atoms with Crippen LogP contribution < -0.4 is 11.5 Å². The van der Waals surface area contributed by atoms with Gasteiger partial charge in [0.2, 0.25) is 0 Å². The fraction of sp³-hybridized carbons (Fsp3) is 0.882. The van der Waals surface area contributed by atoms with Crippen molar-refractivity contribution in [1.29, 1.82) is 0 Å². The largest absolute Gasteiger partial charge is 0.370 e. The molecule has 0 radical (unpaired) electrons. The number of nitrogens with zero attached hydrogens (tertiary/aromatic N) is 1. The van der Waals surface area contributed by atoms with Gasteiger partial charge in [0.1, 0.15) is 5.78 Å². The number of ketones is 1. The van der Waals surface area contributed by atoms with Crippen molar-refractivity contribution in [2.24, 2.45) is 16.5 Å². The molecule has 0 saturated heterocycles. The molecule has 0 aromatic carbocycles. The van der Waals surface area contributed by atoms with E-state index in [2.05, 4.69) is 4.99 Å². The number of aliphatic imine (C=N–C) groups is 1. The van der Waals surface area contributed by atoms with Crippen LogP contribution in [0, 0.1) is 0 Å². The summed E-state index contributed by atoms with van der Waals surface area (Å²) < 4.78 is 0. The first kappa shape index (κ1) is 19.9. The van der Waals surface area contributed by atoms with Crippen LogP contribution in [0.3, 0.4) is 0 Å². The molecule has 0 amide bonds. The van der Waals surface area contributed by atoms with E-state index in [1.165, 1.54) is 64.2 Å². The number of carbonyl (C=O) groups is 1. The Labute approximate surface area is 130 Å². The smallest absolute Gasteiger partial charge is 0.185 e. The van der Waals surface area contributed by atoms with Crippen molar-refractivity contribution in [3.8, 4) is 0 Å². The van der Waals surface area contributed by atoms with Gasteiger partial charge >= 0.3 is 0 Å². The summed E-state index contributed by atoms with van der Waals surface area (Å²) in [5.41, 5.74) is 10.5. The van der Waals surface area contributed by atoms with Crippen LogP contribution >= 0.6 is 0 Å². The first-order valence-corrected chi connectivity index (χ1v) is 8.67. The van der Waals surface area contributed by atoms with Crippen LogP contribution in [0.25, 0.3) is 0 Å². The van der Waals surface area contributed by atoms with Gasteiger partial charge in [-0.3, -0.25) is 4.99 Å². The van der Waals surface area contributed by atoms with Gasteiger partial charge in [0.25, 0.3) is 0 Å². The normalized spacial score (nSPS) is 10.5. The molecule has 0 aliphatic rings. The highest BCUT2D eigenvalue weighted by Crippen LogP contribution is 2.12. The summed E-state index contributed by atoms with van der Waals surface area (Å²) in [6.45, 7) is 2.45. The maximum Gasteiger partial charge on any atom is 0.185 e. The zero-order valence-corrected chi connectivity index (χ0v) is 13.9. The van der Waals surface area contributed by atoms with Gasteiger partial charge in [-0.1, -0.05) is 64.2 Å². The molecule has 21 heavy (non-hydrogen) atoms. The Morgan fingerprint density at radius 2 is 1.10 bits per heavy atom. The summed E-state index contributed by atoms with van der Waals surface area (Å²) in [5, 5.41) is 0. The number of hydrogen-bond donors (Lipinski definition) is 2. The lowest BCUT2D eigenvalue weighted by Gasteiger charge is -2.02. The molecule has 0 atom stereocenters. The van der Waals surface area contributed by atoms with Gasteiger partial charge in [-0.15, -0.1) is 0 Å².